The van der Waals surface area contributed by atoms with Crippen LogP contribution in [0, 0.1) is 0 Å². The molecule has 0 radical (unpaired) electrons. The van der Waals surface area contributed by atoms with Crippen LogP contribution < -0.4 is 16.4 Å². The van der Waals surface area contributed by atoms with Crippen LogP contribution in [0.1, 0.15) is 23.7 Å². The minimum Gasteiger partial charge on any atom is -0.465 e. The Bertz CT molecular complexity index is 460. The van der Waals surface area contributed by atoms with E-state index in [1.165, 1.54) is 7.11 Å². The Labute approximate surface area is 112 Å². The number of hydrogen-bond acceptors (Lipinski definition) is 5. The van der Waals surface area contributed by atoms with Crippen LogP contribution in [-0.4, -0.2) is 32.1 Å². The first-order valence-corrected chi connectivity index (χ1v) is 6.07. The molecule has 0 heterocycles. The first-order valence-electron chi connectivity index (χ1n) is 6.07. The molecule has 0 atom stereocenters. The number of carbonyl (C=O) groups is 2. The summed E-state index contributed by atoms with van der Waals surface area (Å²) in [6.07, 6.45) is 0.343. The summed E-state index contributed by atoms with van der Waals surface area (Å²) in [7, 11) is 1.32. The van der Waals surface area contributed by atoms with Crippen molar-refractivity contribution in [3.05, 3.63) is 23.8 Å². The molecule has 0 spiro atoms. The molecule has 1 amide bonds. The Balaban J connectivity index is 2.62. The van der Waals surface area contributed by atoms with E-state index in [-0.39, 0.29) is 5.91 Å². The van der Waals surface area contributed by atoms with E-state index in [1.54, 1.807) is 18.2 Å². The maximum absolute atomic E-state index is 11.4. The number of nitrogen functional groups attached to an aromatic ring is 1. The minimum atomic E-state index is -0.424. The molecule has 0 unspecified atom stereocenters. The lowest BCUT2D eigenvalue weighted by molar-refractivity contribution is -0.120. The number of ether oxygens (including phenoxy) is 1. The number of methoxy groups -OCH3 is 1. The molecular formula is C13H19N3O3. The van der Waals surface area contributed by atoms with Gasteiger partial charge < -0.3 is 21.1 Å². The van der Waals surface area contributed by atoms with Gasteiger partial charge in [-0.1, -0.05) is 0 Å². The largest absolute Gasteiger partial charge is 0.465 e. The van der Waals surface area contributed by atoms with Crippen LogP contribution >= 0.6 is 0 Å². The highest BCUT2D eigenvalue weighted by atomic mass is 16.5. The summed E-state index contributed by atoms with van der Waals surface area (Å²) >= 11 is 0. The summed E-state index contributed by atoms with van der Waals surface area (Å²) in [5.41, 5.74) is 7.34. The van der Waals surface area contributed by atoms with Crippen molar-refractivity contribution in [2.45, 2.75) is 13.3 Å². The second-order valence-corrected chi connectivity index (χ2v) is 3.92. The first kappa shape index (κ1) is 14.8. The van der Waals surface area contributed by atoms with Gasteiger partial charge in [0.15, 0.2) is 0 Å². The van der Waals surface area contributed by atoms with Crippen LogP contribution in [-0.2, 0) is 9.53 Å². The first-order chi connectivity index (χ1) is 9.08. The molecule has 0 fully saturated rings. The zero-order chi connectivity index (χ0) is 14.3. The molecule has 6 nitrogen and oxygen atoms in total. The monoisotopic (exact) mass is 265 g/mol. The lowest BCUT2D eigenvalue weighted by atomic mass is 10.1. The minimum absolute atomic E-state index is 0.0299. The highest BCUT2D eigenvalue weighted by Crippen LogP contribution is 2.20. The van der Waals surface area contributed by atoms with Crippen molar-refractivity contribution < 1.29 is 14.3 Å². The molecule has 19 heavy (non-hydrogen) atoms. The van der Waals surface area contributed by atoms with Gasteiger partial charge in [-0.3, -0.25) is 4.79 Å². The summed E-state index contributed by atoms with van der Waals surface area (Å²) < 4.78 is 4.63. The van der Waals surface area contributed by atoms with Crippen LogP contribution in [0.5, 0.6) is 0 Å². The van der Waals surface area contributed by atoms with Crippen molar-refractivity contribution in [3.8, 4) is 0 Å². The maximum Gasteiger partial charge on any atom is 0.337 e. The SMILES string of the molecule is CCNC(=O)CCNc1cc(C(=O)OC)ccc1N. The van der Waals surface area contributed by atoms with Crippen LogP contribution in [0.3, 0.4) is 0 Å². The van der Waals surface area contributed by atoms with E-state index in [4.69, 9.17) is 5.73 Å². The molecule has 0 saturated carbocycles. The second kappa shape index (κ2) is 7.25. The van der Waals surface area contributed by atoms with Crippen molar-refractivity contribution in [3.63, 3.8) is 0 Å². The highest BCUT2D eigenvalue weighted by molar-refractivity contribution is 5.92. The van der Waals surface area contributed by atoms with Crippen molar-refractivity contribution in [2.75, 3.05) is 31.2 Å². The number of rotatable bonds is 6. The van der Waals surface area contributed by atoms with Gasteiger partial charge in [-0.15, -0.1) is 0 Å². The molecule has 0 aliphatic rings. The van der Waals surface area contributed by atoms with Crippen LogP contribution in [0.25, 0.3) is 0 Å². The molecule has 4 N–H and O–H groups in total. The Morgan fingerprint density at radius 1 is 1.37 bits per heavy atom. The van der Waals surface area contributed by atoms with Gasteiger partial charge in [0.05, 0.1) is 24.0 Å². The van der Waals surface area contributed by atoms with E-state index in [0.717, 1.165) is 0 Å². The molecule has 0 aliphatic heterocycles. The van der Waals surface area contributed by atoms with E-state index < -0.39 is 5.97 Å². The number of nitrogens with two attached hydrogens (primary N) is 1. The lowest BCUT2D eigenvalue weighted by Gasteiger charge is -2.10. The molecule has 104 valence electrons. The fourth-order valence-electron chi connectivity index (χ4n) is 1.55. The zero-order valence-corrected chi connectivity index (χ0v) is 11.2. The second-order valence-electron chi connectivity index (χ2n) is 3.92. The van der Waals surface area contributed by atoms with E-state index in [1.807, 2.05) is 6.92 Å². The average molecular weight is 265 g/mol. The number of hydrogen-bond donors (Lipinski definition) is 3. The zero-order valence-electron chi connectivity index (χ0n) is 11.2. The predicted octanol–water partition coefficient (Wildman–Crippen LogP) is 0.993. The maximum atomic E-state index is 11.4. The number of nitrogens with one attached hydrogen (secondary N) is 2. The highest BCUT2D eigenvalue weighted by Gasteiger charge is 2.08. The number of benzene rings is 1. The molecule has 0 bridgehead atoms. The standard InChI is InChI=1S/C13H19N3O3/c1-3-15-12(17)6-7-16-11-8-9(13(18)19-2)4-5-10(11)14/h4-5,8,16H,3,6-7,14H2,1-2H3,(H,15,17). The Morgan fingerprint density at radius 2 is 2.11 bits per heavy atom. The number of esters is 1. The Kier molecular flexibility index (Phi) is 5.66. The molecule has 1 aromatic rings. The third kappa shape index (κ3) is 4.50. The van der Waals surface area contributed by atoms with Crippen LogP contribution in [0.2, 0.25) is 0 Å². The van der Waals surface area contributed by atoms with Gasteiger partial charge in [-0.25, -0.2) is 4.79 Å². The van der Waals surface area contributed by atoms with Gasteiger partial charge >= 0.3 is 5.97 Å². The van der Waals surface area contributed by atoms with Gasteiger partial charge in [0.25, 0.3) is 0 Å². The van der Waals surface area contributed by atoms with Crippen molar-refractivity contribution in [1.29, 1.82) is 0 Å². The average Bonchev–Trinajstić information content (AvgIpc) is 2.40. The topological polar surface area (TPSA) is 93.5 Å². The number of anilines is 2. The molecule has 1 aromatic carbocycles. The third-order valence-electron chi connectivity index (χ3n) is 2.52. The summed E-state index contributed by atoms with van der Waals surface area (Å²) in [6.45, 7) is 2.92. The van der Waals surface area contributed by atoms with Crippen LogP contribution in [0.4, 0.5) is 11.4 Å². The summed E-state index contributed by atoms with van der Waals surface area (Å²) in [4.78, 5) is 22.7. The van der Waals surface area contributed by atoms with Crippen molar-refractivity contribution >= 4 is 23.3 Å². The predicted molar refractivity (Wildman–Crippen MR) is 74.0 cm³/mol. The van der Waals surface area contributed by atoms with E-state index in [9.17, 15) is 9.59 Å². The van der Waals surface area contributed by atoms with Gasteiger partial charge in [0, 0.05) is 19.5 Å². The summed E-state index contributed by atoms with van der Waals surface area (Å²) in [6, 6.07) is 4.83. The van der Waals surface area contributed by atoms with E-state index >= 15 is 0 Å². The molecule has 6 heteroatoms. The molecule has 0 saturated heterocycles. The molecule has 0 aromatic heterocycles. The molecule has 1 rings (SSSR count). The smallest absolute Gasteiger partial charge is 0.337 e. The van der Waals surface area contributed by atoms with Gasteiger partial charge in [0.2, 0.25) is 5.91 Å². The number of amides is 1. The third-order valence-corrected chi connectivity index (χ3v) is 2.52. The van der Waals surface area contributed by atoms with E-state index in [2.05, 4.69) is 15.4 Å². The van der Waals surface area contributed by atoms with Crippen molar-refractivity contribution in [1.82, 2.24) is 5.32 Å². The molecular weight excluding hydrogens is 246 g/mol. The fraction of sp³-hybridized carbons (Fsp3) is 0.385. The lowest BCUT2D eigenvalue weighted by Crippen LogP contribution is -2.24. The van der Waals surface area contributed by atoms with Gasteiger partial charge in [-0.2, -0.15) is 0 Å². The Hall–Kier alpha value is -2.24. The van der Waals surface area contributed by atoms with Gasteiger partial charge in [-0.05, 0) is 25.1 Å². The Morgan fingerprint density at radius 3 is 2.74 bits per heavy atom. The normalized spacial score (nSPS) is 9.79. The molecule has 0 aliphatic carbocycles. The summed E-state index contributed by atoms with van der Waals surface area (Å²) in [5, 5.41) is 5.73. The van der Waals surface area contributed by atoms with Crippen LogP contribution in [0.15, 0.2) is 18.2 Å². The quantitative estimate of drug-likeness (QED) is 0.527. The van der Waals surface area contributed by atoms with Gasteiger partial charge in [0.1, 0.15) is 0 Å². The number of carbonyl (C=O) groups excluding carboxylic acids is 2. The van der Waals surface area contributed by atoms with E-state index in [0.29, 0.717) is 36.4 Å². The fourth-order valence-corrected chi connectivity index (χ4v) is 1.55. The van der Waals surface area contributed by atoms with Crippen molar-refractivity contribution in [2.24, 2.45) is 0 Å². The summed E-state index contributed by atoms with van der Waals surface area (Å²) in [5.74, 6) is -0.454.